The van der Waals surface area contributed by atoms with Crippen molar-refractivity contribution in [1.82, 2.24) is 0 Å². The fraction of sp³-hybridized carbons (Fsp3) is 0.125. The number of benzene rings is 1. The van der Waals surface area contributed by atoms with E-state index < -0.39 is 37.4 Å². The van der Waals surface area contributed by atoms with Gasteiger partial charge in [-0.1, -0.05) is 0 Å². The molecule has 1 aromatic carbocycles. The highest BCUT2D eigenvalue weighted by Gasteiger charge is 2.33. The second-order valence-corrected chi connectivity index (χ2v) is 5.44. The van der Waals surface area contributed by atoms with Crippen LogP contribution in [0.3, 0.4) is 0 Å². The Kier molecular flexibility index (Phi) is 3.73. The number of halogens is 5. The summed E-state index contributed by atoms with van der Waals surface area (Å²) in [6.07, 6.45) is -5.20. The summed E-state index contributed by atoms with van der Waals surface area (Å²) in [5, 5.41) is 8.47. The molecule has 0 saturated carbocycles. The summed E-state index contributed by atoms with van der Waals surface area (Å²) >= 11 is 0. The van der Waals surface area contributed by atoms with Gasteiger partial charge in [-0.05, 0) is 6.07 Å². The van der Waals surface area contributed by atoms with Crippen LogP contribution >= 0.6 is 10.7 Å². The van der Waals surface area contributed by atoms with Gasteiger partial charge in [-0.2, -0.15) is 5.26 Å². The zero-order valence-electron chi connectivity index (χ0n) is 8.12. The fourth-order valence-electron chi connectivity index (χ4n) is 1.01. The molecule has 98 valence electrons. The van der Waals surface area contributed by atoms with E-state index in [1.54, 1.807) is 0 Å². The molecule has 0 aliphatic rings. The minimum absolute atomic E-state index is 0.317. The van der Waals surface area contributed by atoms with Gasteiger partial charge < -0.3 is 4.74 Å². The lowest BCUT2D eigenvalue weighted by molar-refractivity contribution is -0.274. The molecule has 0 atom stereocenters. The second kappa shape index (κ2) is 4.62. The molecule has 4 nitrogen and oxygen atoms in total. The number of hydrogen-bond acceptors (Lipinski definition) is 4. The molecule has 0 heterocycles. The average Bonchev–Trinajstić information content (AvgIpc) is 2.13. The summed E-state index contributed by atoms with van der Waals surface area (Å²) in [5.41, 5.74) is -1.07. The number of alkyl halides is 3. The molecular formula is C8H2ClF4NO3S. The lowest BCUT2D eigenvalue weighted by atomic mass is 10.2. The Labute approximate surface area is 103 Å². The maximum Gasteiger partial charge on any atom is 0.573 e. The number of nitrogens with zero attached hydrogens (tertiary/aromatic N) is 1. The van der Waals surface area contributed by atoms with Gasteiger partial charge in [-0.25, -0.2) is 12.8 Å². The van der Waals surface area contributed by atoms with Gasteiger partial charge in [0.05, 0.1) is 4.90 Å². The number of rotatable bonds is 2. The van der Waals surface area contributed by atoms with Crippen molar-refractivity contribution < 1.29 is 30.7 Å². The van der Waals surface area contributed by atoms with Crippen molar-refractivity contribution in [1.29, 1.82) is 5.26 Å². The molecule has 0 aliphatic carbocycles. The second-order valence-electron chi connectivity index (χ2n) is 2.88. The van der Waals surface area contributed by atoms with Crippen molar-refractivity contribution in [2.45, 2.75) is 11.3 Å². The van der Waals surface area contributed by atoms with Gasteiger partial charge in [0.2, 0.25) is 0 Å². The monoisotopic (exact) mass is 303 g/mol. The quantitative estimate of drug-likeness (QED) is 0.622. The summed E-state index contributed by atoms with van der Waals surface area (Å²) < 4.78 is 74.3. The average molecular weight is 304 g/mol. The van der Waals surface area contributed by atoms with Crippen LogP contribution in [-0.4, -0.2) is 14.8 Å². The Hall–Kier alpha value is -1.53. The molecule has 0 fully saturated rings. The maximum atomic E-state index is 13.2. The molecule has 0 spiro atoms. The molecule has 0 N–H and O–H groups in total. The Morgan fingerprint density at radius 3 is 2.28 bits per heavy atom. The minimum Gasteiger partial charge on any atom is -0.404 e. The zero-order valence-corrected chi connectivity index (χ0v) is 9.70. The van der Waals surface area contributed by atoms with Crippen LogP contribution in [0.15, 0.2) is 17.0 Å². The number of hydrogen-bond donors (Lipinski definition) is 0. The first kappa shape index (κ1) is 14.5. The van der Waals surface area contributed by atoms with Crippen LogP contribution in [0.5, 0.6) is 5.75 Å². The van der Waals surface area contributed by atoms with Crippen LogP contribution in [0.1, 0.15) is 5.56 Å². The molecule has 1 rings (SSSR count). The lowest BCUT2D eigenvalue weighted by Crippen LogP contribution is -2.18. The van der Waals surface area contributed by atoms with Crippen molar-refractivity contribution >= 4 is 19.7 Å². The molecule has 0 radical (unpaired) electrons. The van der Waals surface area contributed by atoms with Crippen molar-refractivity contribution in [3.63, 3.8) is 0 Å². The summed E-state index contributed by atoms with van der Waals surface area (Å²) in [5.74, 6) is -2.76. The molecule has 0 saturated heterocycles. The predicted octanol–water partition coefficient (Wildman–Crippen LogP) is 2.52. The van der Waals surface area contributed by atoms with Crippen molar-refractivity contribution in [2.75, 3.05) is 0 Å². The third kappa shape index (κ3) is 3.48. The largest absolute Gasteiger partial charge is 0.573 e. The van der Waals surface area contributed by atoms with E-state index in [0.29, 0.717) is 12.1 Å². The maximum absolute atomic E-state index is 13.2. The van der Waals surface area contributed by atoms with Gasteiger partial charge >= 0.3 is 6.36 Å². The molecule has 1 aromatic rings. The Balaban J connectivity index is 3.48. The van der Waals surface area contributed by atoms with E-state index in [9.17, 15) is 26.0 Å². The van der Waals surface area contributed by atoms with E-state index in [-0.39, 0.29) is 0 Å². The fourth-order valence-corrected chi connectivity index (χ4v) is 1.77. The third-order valence-electron chi connectivity index (χ3n) is 1.65. The number of nitriles is 1. The van der Waals surface area contributed by atoms with E-state index in [1.165, 1.54) is 0 Å². The van der Waals surface area contributed by atoms with Crippen molar-refractivity contribution in [3.8, 4) is 11.8 Å². The van der Waals surface area contributed by atoms with Crippen molar-refractivity contribution in [2.24, 2.45) is 0 Å². The van der Waals surface area contributed by atoms with Gasteiger partial charge in [0.1, 0.15) is 17.4 Å². The predicted molar refractivity (Wildman–Crippen MR) is 50.8 cm³/mol. The van der Waals surface area contributed by atoms with Crippen LogP contribution in [0.4, 0.5) is 17.6 Å². The first-order valence-corrected chi connectivity index (χ1v) is 6.29. The van der Waals surface area contributed by atoms with Gasteiger partial charge in [-0.3, -0.25) is 0 Å². The standard InChI is InChI=1S/C8H2ClF4NO3S/c9-18(15,16)4-1-6(10)5(3-14)7(2-4)17-8(11,12)13/h1-2H. The smallest absolute Gasteiger partial charge is 0.404 e. The topological polar surface area (TPSA) is 67.2 Å². The summed E-state index contributed by atoms with van der Waals surface area (Å²) in [6, 6.07) is 1.77. The van der Waals surface area contributed by atoms with E-state index in [4.69, 9.17) is 15.9 Å². The molecule has 0 unspecified atom stereocenters. The Morgan fingerprint density at radius 2 is 1.89 bits per heavy atom. The normalized spacial score (nSPS) is 12.0. The van der Waals surface area contributed by atoms with E-state index in [1.807, 2.05) is 0 Å². The van der Waals surface area contributed by atoms with Gasteiger partial charge in [0.15, 0.2) is 5.75 Å². The summed E-state index contributed by atoms with van der Waals surface area (Å²) in [4.78, 5) is -0.945. The molecule has 0 aliphatic heterocycles. The molecule has 0 amide bonds. The highest BCUT2D eigenvalue weighted by molar-refractivity contribution is 8.13. The summed E-state index contributed by atoms with van der Waals surface area (Å²) in [6.45, 7) is 0. The molecule has 0 aromatic heterocycles. The molecule has 10 heteroatoms. The van der Waals surface area contributed by atoms with Crippen molar-refractivity contribution in [3.05, 3.63) is 23.5 Å². The van der Waals surface area contributed by atoms with E-state index in [2.05, 4.69) is 4.74 Å². The highest BCUT2D eigenvalue weighted by Crippen LogP contribution is 2.31. The summed E-state index contributed by atoms with van der Waals surface area (Å²) in [7, 11) is 0.402. The molecule has 18 heavy (non-hydrogen) atoms. The van der Waals surface area contributed by atoms with Crippen LogP contribution in [0.25, 0.3) is 0 Å². The van der Waals surface area contributed by atoms with Crippen LogP contribution in [0.2, 0.25) is 0 Å². The van der Waals surface area contributed by atoms with Crippen LogP contribution < -0.4 is 4.74 Å². The van der Waals surface area contributed by atoms with Crippen LogP contribution in [0, 0.1) is 17.1 Å². The molecule has 0 bridgehead atoms. The van der Waals surface area contributed by atoms with Crippen LogP contribution in [-0.2, 0) is 9.05 Å². The van der Waals surface area contributed by atoms with E-state index in [0.717, 1.165) is 6.07 Å². The Morgan fingerprint density at radius 1 is 1.33 bits per heavy atom. The lowest BCUT2D eigenvalue weighted by Gasteiger charge is -2.11. The third-order valence-corrected chi connectivity index (χ3v) is 2.98. The first-order chi connectivity index (χ1) is 8.04. The number of ether oxygens (including phenoxy) is 1. The minimum atomic E-state index is -5.20. The molecular weight excluding hydrogens is 302 g/mol. The first-order valence-electron chi connectivity index (χ1n) is 3.98. The zero-order chi connectivity index (χ0) is 14.1. The highest BCUT2D eigenvalue weighted by atomic mass is 35.7. The Bertz CT molecular complexity index is 620. The van der Waals surface area contributed by atoms with Gasteiger partial charge in [0.25, 0.3) is 9.05 Å². The van der Waals surface area contributed by atoms with E-state index >= 15 is 0 Å². The van der Waals surface area contributed by atoms with Gasteiger partial charge in [0, 0.05) is 16.7 Å². The van der Waals surface area contributed by atoms with Gasteiger partial charge in [-0.15, -0.1) is 13.2 Å². The SMILES string of the molecule is N#Cc1c(F)cc(S(=O)(=O)Cl)cc1OC(F)(F)F.